The highest BCUT2D eigenvalue weighted by Crippen LogP contribution is 2.21. The Labute approximate surface area is 145 Å². The summed E-state index contributed by atoms with van der Waals surface area (Å²) in [5, 5.41) is 11.0. The second-order valence-corrected chi connectivity index (χ2v) is 5.55. The van der Waals surface area contributed by atoms with E-state index in [9.17, 15) is 4.79 Å². The number of hydrogen-bond acceptors (Lipinski definition) is 5. The van der Waals surface area contributed by atoms with Gasteiger partial charge in [0.15, 0.2) is 0 Å². The highest BCUT2D eigenvalue weighted by Gasteiger charge is 2.11. The monoisotopic (exact) mass is 337 g/mol. The zero-order valence-corrected chi connectivity index (χ0v) is 14.2. The molecule has 0 saturated heterocycles. The number of carbonyl (C=O) groups excluding carboxylic acids is 1. The van der Waals surface area contributed by atoms with Crippen LogP contribution in [-0.4, -0.2) is 29.8 Å². The average Bonchev–Trinajstić information content (AvgIpc) is 3.10. The lowest BCUT2D eigenvalue weighted by molar-refractivity contribution is 0.0953. The molecule has 0 unspecified atom stereocenters. The van der Waals surface area contributed by atoms with Gasteiger partial charge in [-0.3, -0.25) is 4.79 Å². The molecular formula is C19H19N3O3. The third kappa shape index (κ3) is 4.03. The zero-order valence-electron chi connectivity index (χ0n) is 14.2. The highest BCUT2D eigenvalue weighted by atomic mass is 16.5. The van der Waals surface area contributed by atoms with Crippen molar-refractivity contribution in [2.75, 3.05) is 13.7 Å². The van der Waals surface area contributed by atoms with Crippen LogP contribution in [0.25, 0.3) is 11.5 Å². The van der Waals surface area contributed by atoms with Crippen molar-refractivity contribution in [1.29, 1.82) is 0 Å². The molecule has 6 nitrogen and oxygen atoms in total. The molecule has 1 aromatic heterocycles. The number of carbonyl (C=O) groups is 1. The van der Waals surface area contributed by atoms with Gasteiger partial charge in [0.1, 0.15) is 5.75 Å². The lowest BCUT2D eigenvalue weighted by Gasteiger charge is -2.05. The molecule has 0 fully saturated rings. The molecule has 0 radical (unpaired) electrons. The molecule has 0 aliphatic carbocycles. The maximum absolute atomic E-state index is 12.1. The van der Waals surface area contributed by atoms with E-state index in [1.807, 2.05) is 31.2 Å². The van der Waals surface area contributed by atoms with Crippen LogP contribution in [0, 0.1) is 6.92 Å². The maximum Gasteiger partial charge on any atom is 0.251 e. The van der Waals surface area contributed by atoms with Crippen molar-refractivity contribution in [1.82, 2.24) is 15.5 Å². The summed E-state index contributed by atoms with van der Waals surface area (Å²) in [4.78, 5) is 12.1. The van der Waals surface area contributed by atoms with Crippen LogP contribution >= 0.6 is 0 Å². The van der Waals surface area contributed by atoms with E-state index in [0.717, 1.165) is 11.1 Å². The number of nitrogens with one attached hydrogen (secondary N) is 1. The summed E-state index contributed by atoms with van der Waals surface area (Å²) in [7, 11) is 1.57. The lowest BCUT2D eigenvalue weighted by Crippen LogP contribution is -2.25. The molecule has 0 aliphatic rings. The van der Waals surface area contributed by atoms with Crippen LogP contribution in [0.3, 0.4) is 0 Å². The van der Waals surface area contributed by atoms with Crippen LogP contribution in [0.5, 0.6) is 5.75 Å². The first-order valence-electron chi connectivity index (χ1n) is 7.98. The number of nitrogens with zero attached hydrogens (tertiary/aromatic N) is 2. The topological polar surface area (TPSA) is 77.2 Å². The number of aromatic nitrogens is 2. The van der Waals surface area contributed by atoms with Gasteiger partial charge in [0.2, 0.25) is 11.8 Å². The first-order chi connectivity index (χ1) is 12.2. The molecule has 0 aliphatic heterocycles. The van der Waals surface area contributed by atoms with Gasteiger partial charge in [-0.15, -0.1) is 10.2 Å². The Morgan fingerprint density at radius 3 is 2.80 bits per heavy atom. The van der Waals surface area contributed by atoms with Gasteiger partial charge in [-0.05, 0) is 36.8 Å². The van der Waals surface area contributed by atoms with Crippen LogP contribution in [0.2, 0.25) is 0 Å². The molecule has 25 heavy (non-hydrogen) atoms. The Bertz CT molecular complexity index is 874. The van der Waals surface area contributed by atoms with E-state index in [-0.39, 0.29) is 5.91 Å². The number of benzene rings is 2. The fourth-order valence-electron chi connectivity index (χ4n) is 2.43. The summed E-state index contributed by atoms with van der Waals surface area (Å²) in [5.74, 6) is 1.46. The number of methoxy groups -OCH3 is 1. The van der Waals surface area contributed by atoms with Gasteiger partial charge >= 0.3 is 0 Å². The molecule has 1 heterocycles. The Balaban J connectivity index is 1.57. The van der Waals surface area contributed by atoms with Gasteiger partial charge in [0.05, 0.1) is 7.11 Å². The summed E-state index contributed by atoms with van der Waals surface area (Å²) < 4.78 is 10.8. The van der Waals surface area contributed by atoms with Crippen molar-refractivity contribution >= 4 is 5.91 Å². The minimum atomic E-state index is -0.169. The average molecular weight is 337 g/mol. The summed E-state index contributed by atoms with van der Waals surface area (Å²) in [6.07, 6.45) is 0.467. The van der Waals surface area contributed by atoms with Crippen LogP contribution in [0.4, 0.5) is 0 Å². The molecular weight excluding hydrogens is 318 g/mol. The molecule has 3 rings (SSSR count). The third-order valence-electron chi connectivity index (χ3n) is 3.80. The Hall–Kier alpha value is -3.15. The van der Waals surface area contributed by atoms with Gasteiger partial charge in [-0.25, -0.2) is 0 Å². The van der Waals surface area contributed by atoms with E-state index in [1.54, 1.807) is 31.4 Å². The molecule has 2 aromatic carbocycles. The van der Waals surface area contributed by atoms with E-state index in [1.165, 1.54) is 0 Å². The van der Waals surface area contributed by atoms with E-state index in [4.69, 9.17) is 9.15 Å². The smallest absolute Gasteiger partial charge is 0.251 e. The van der Waals surface area contributed by atoms with E-state index in [0.29, 0.717) is 36.1 Å². The Morgan fingerprint density at radius 1 is 1.16 bits per heavy atom. The van der Waals surface area contributed by atoms with Gasteiger partial charge in [-0.1, -0.05) is 24.3 Å². The molecule has 0 bridgehead atoms. The van der Waals surface area contributed by atoms with Crippen LogP contribution in [0.1, 0.15) is 21.8 Å². The summed E-state index contributed by atoms with van der Waals surface area (Å²) in [6, 6.07) is 14.8. The standard InChI is InChI=1S/C19H19N3O3/c1-13-6-3-4-9-16(13)19-22-21-17(25-19)10-11-20-18(23)14-7-5-8-15(12-14)24-2/h3-9,12H,10-11H2,1-2H3,(H,20,23). The molecule has 0 spiro atoms. The molecule has 3 aromatic rings. The largest absolute Gasteiger partial charge is 0.497 e. The van der Waals surface area contributed by atoms with Crippen molar-refractivity contribution in [2.45, 2.75) is 13.3 Å². The fourth-order valence-corrected chi connectivity index (χ4v) is 2.43. The SMILES string of the molecule is COc1cccc(C(=O)NCCc2nnc(-c3ccccc3C)o2)c1. The summed E-state index contributed by atoms with van der Waals surface area (Å²) in [6.45, 7) is 2.40. The number of ether oxygens (including phenoxy) is 1. The quantitative estimate of drug-likeness (QED) is 0.748. The molecule has 128 valence electrons. The van der Waals surface area contributed by atoms with Gasteiger partial charge in [-0.2, -0.15) is 0 Å². The first-order valence-corrected chi connectivity index (χ1v) is 7.98. The van der Waals surface area contributed by atoms with Crippen molar-refractivity contribution in [3.05, 3.63) is 65.5 Å². The number of hydrogen-bond donors (Lipinski definition) is 1. The van der Waals surface area contributed by atoms with Gasteiger partial charge in [0.25, 0.3) is 5.91 Å². The second kappa shape index (κ2) is 7.61. The zero-order chi connectivity index (χ0) is 17.6. The Kier molecular flexibility index (Phi) is 5.09. The van der Waals surface area contributed by atoms with Crippen molar-refractivity contribution < 1.29 is 13.9 Å². The second-order valence-electron chi connectivity index (χ2n) is 5.55. The van der Waals surface area contributed by atoms with Crippen LogP contribution in [-0.2, 0) is 6.42 Å². The Morgan fingerprint density at radius 2 is 2.00 bits per heavy atom. The number of aryl methyl sites for hydroxylation is 1. The van der Waals surface area contributed by atoms with Crippen molar-refractivity contribution in [3.63, 3.8) is 0 Å². The normalized spacial score (nSPS) is 10.5. The molecule has 1 amide bonds. The first kappa shape index (κ1) is 16.7. The van der Waals surface area contributed by atoms with E-state index in [2.05, 4.69) is 15.5 Å². The van der Waals surface area contributed by atoms with Crippen molar-refractivity contribution in [3.8, 4) is 17.2 Å². The lowest BCUT2D eigenvalue weighted by atomic mass is 10.1. The highest BCUT2D eigenvalue weighted by molar-refractivity contribution is 5.94. The summed E-state index contributed by atoms with van der Waals surface area (Å²) in [5.41, 5.74) is 2.54. The maximum atomic E-state index is 12.1. The van der Waals surface area contributed by atoms with Gasteiger partial charge in [0, 0.05) is 24.1 Å². The predicted octanol–water partition coefficient (Wildman–Crippen LogP) is 3.03. The molecule has 1 N–H and O–H groups in total. The molecule has 6 heteroatoms. The minimum absolute atomic E-state index is 0.169. The predicted molar refractivity (Wildman–Crippen MR) is 93.5 cm³/mol. The van der Waals surface area contributed by atoms with Gasteiger partial charge < -0.3 is 14.5 Å². The van der Waals surface area contributed by atoms with E-state index < -0.39 is 0 Å². The number of amides is 1. The van der Waals surface area contributed by atoms with Crippen LogP contribution in [0.15, 0.2) is 52.9 Å². The van der Waals surface area contributed by atoms with E-state index >= 15 is 0 Å². The molecule has 0 atom stereocenters. The fraction of sp³-hybridized carbons (Fsp3) is 0.211. The number of rotatable bonds is 6. The third-order valence-corrected chi connectivity index (χ3v) is 3.80. The van der Waals surface area contributed by atoms with Crippen molar-refractivity contribution in [2.24, 2.45) is 0 Å². The minimum Gasteiger partial charge on any atom is -0.497 e. The molecule has 0 saturated carbocycles. The summed E-state index contributed by atoms with van der Waals surface area (Å²) >= 11 is 0. The van der Waals surface area contributed by atoms with Crippen LogP contribution < -0.4 is 10.1 Å².